The first-order chi connectivity index (χ1) is 6.18. The Morgan fingerprint density at radius 3 is 2.54 bits per heavy atom. The van der Waals surface area contributed by atoms with E-state index >= 15 is 0 Å². The summed E-state index contributed by atoms with van der Waals surface area (Å²) < 4.78 is 1.02. The van der Waals surface area contributed by atoms with Crippen molar-refractivity contribution in [3.05, 3.63) is 29.9 Å². The molecule has 0 saturated carbocycles. The number of rotatable bonds is 3. The number of pyridine rings is 1. The Hall–Kier alpha value is -1.25. The molecule has 0 saturated heterocycles. The molecule has 1 N–H and O–H groups in total. The van der Waals surface area contributed by atoms with Gasteiger partial charge in [-0.2, -0.15) is 0 Å². The summed E-state index contributed by atoms with van der Waals surface area (Å²) in [5.41, 5.74) is 0. The van der Waals surface area contributed by atoms with Crippen LogP contribution >= 0.6 is 0 Å². The molecule has 0 aliphatic rings. The zero-order chi connectivity index (χ0) is 9.68. The van der Waals surface area contributed by atoms with Crippen LogP contribution in [0.1, 0.15) is 20.3 Å². The molecule has 72 valence electrons. The van der Waals surface area contributed by atoms with Gasteiger partial charge in [-0.25, -0.2) is 4.73 Å². The van der Waals surface area contributed by atoms with Crippen LogP contribution < -0.4 is 5.36 Å². The van der Waals surface area contributed by atoms with Gasteiger partial charge in [0.2, 0.25) is 0 Å². The Morgan fingerprint density at radius 2 is 2.00 bits per heavy atom. The van der Waals surface area contributed by atoms with Crippen molar-refractivity contribution in [2.45, 2.75) is 20.3 Å². The van der Waals surface area contributed by atoms with Crippen LogP contribution in [0.25, 0.3) is 0 Å². The zero-order valence-electron chi connectivity index (χ0n) is 8.14. The lowest BCUT2D eigenvalue weighted by atomic mass is 10.1. The van der Waals surface area contributed by atoms with Crippen LogP contribution in [0.3, 0.4) is 0 Å². The Kier molecular flexibility index (Phi) is 3.55. The molecule has 1 heterocycles. The minimum atomic E-state index is 0.690. The standard InChI is InChI=1S/C10H16N2O/c1-9(2)3-6-11-10-4-7-12(13)8-5-10/h4-5,7-9,13H,3,6H2,1-2H3. The van der Waals surface area contributed by atoms with Crippen molar-refractivity contribution in [1.82, 2.24) is 4.73 Å². The smallest absolute Gasteiger partial charge is 0.0605 e. The molecular weight excluding hydrogens is 164 g/mol. The molecule has 3 nitrogen and oxygen atoms in total. The second-order valence-electron chi connectivity index (χ2n) is 3.50. The van der Waals surface area contributed by atoms with Crippen molar-refractivity contribution in [2.24, 2.45) is 10.9 Å². The predicted octanol–water partition coefficient (Wildman–Crippen LogP) is 1.67. The largest absolute Gasteiger partial charge is 0.429 e. The van der Waals surface area contributed by atoms with Crippen LogP contribution in [0.5, 0.6) is 0 Å². The van der Waals surface area contributed by atoms with Gasteiger partial charge in [0.15, 0.2) is 0 Å². The summed E-state index contributed by atoms with van der Waals surface area (Å²) in [5.74, 6) is 0.690. The zero-order valence-corrected chi connectivity index (χ0v) is 8.14. The van der Waals surface area contributed by atoms with Gasteiger partial charge in [-0.15, -0.1) is 0 Å². The Bertz CT molecular complexity index is 294. The highest BCUT2D eigenvalue weighted by molar-refractivity contribution is 4.91. The molecule has 3 heteroatoms. The highest BCUT2D eigenvalue weighted by Crippen LogP contribution is 1.97. The molecule has 13 heavy (non-hydrogen) atoms. The van der Waals surface area contributed by atoms with Gasteiger partial charge in [0, 0.05) is 18.9 Å². The third-order valence-electron chi connectivity index (χ3n) is 1.80. The van der Waals surface area contributed by atoms with Crippen LogP contribution in [0.4, 0.5) is 0 Å². The van der Waals surface area contributed by atoms with E-state index in [1.54, 1.807) is 24.5 Å². The Balaban J connectivity index is 2.56. The highest BCUT2D eigenvalue weighted by Gasteiger charge is 1.90. The molecule has 0 radical (unpaired) electrons. The van der Waals surface area contributed by atoms with E-state index in [0.29, 0.717) is 5.92 Å². The van der Waals surface area contributed by atoms with Gasteiger partial charge in [0.05, 0.1) is 5.36 Å². The lowest BCUT2D eigenvalue weighted by molar-refractivity contribution is 0.184. The molecule has 0 spiro atoms. The number of nitrogens with zero attached hydrogens (tertiary/aromatic N) is 2. The van der Waals surface area contributed by atoms with E-state index in [1.165, 1.54) is 0 Å². The number of hydrogen-bond donors (Lipinski definition) is 1. The fourth-order valence-electron chi connectivity index (χ4n) is 0.968. The van der Waals surface area contributed by atoms with Crippen LogP contribution in [0.15, 0.2) is 29.5 Å². The summed E-state index contributed by atoms with van der Waals surface area (Å²) in [4.78, 5) is 4.36. The quantitative estimate of drug-likeness (QED) is 0.706. The summed E-state index contributed by atoms with van der Waals surface area (Å²) in [5, 5.41) is 9.87. The van der Waals surface area contributed by atoms with Gasteiger partial charge in [0.25, 0.3) is 0 Å². The molecule has 0 aromatic carbocycles. The molecule has 0 amide bonds. The van der Waals surface area contributed by atoms with E-state index in [1.807, 2.05) is 0 Å². The van der Waals surface area contributed by atoms with E-state index in [0.717, 1.165) is 23.1 Å². The van der Waals surface area contributed by atoms with Crippen molar-refractivity contribution in [1.29, 1.82) is 0 Å². The summed E-state index contributed by atoms with van der Waals surface area (Å²) in [6, 6.07) is 3.58. The minimum Gasteiger partial charge on any atom is -0.429 e. The molecular formula is C10H16N2O. The van der Waals surface area contributed by atoms with Crippen molar-refractivity contribution < 1.29 is 5.21 Å². The second kappa shape index (κ2) is 4.70. The normalized spacial score (nSPS) is 10.4. The first-order valence-corrected chi connectivity index (χ1v) is 4.56. The molecule has 0 aliphatic carbocycles. The molecule has 1 aromatic rings. The predicted molar refractivity (Wildman–Crippen MR) is 51.5 cm³/mol. The lowest BCUT2D eigenvalue weighted by Crippen LogP contribution is -2.05. The van der Waals surface area contributed by atoms with E-state index in [-0.39, 0.29) is 0 Å². The SMILES string of the molecule is CC(C)CCN=c1ccn(O)cc1. The van der Waals surface area contributed by atoms with Crippen molar-refractivity contribution in [3.8, 4) is 0 Å². The summed E-state index contributed by atoms with van der Waals surface area (Å²) in [6.45, 7) is 5.22. The van der Waals surface area contributed by atoms with Gasteiger partial charge >= 0.3 is 0 Å². The molecule has 0 aliphatic heterocycles. The average Bonchev–Trinajstić information content (AvgIpc) is 2.08. The van der Waals surface area contributed by atoms with E-state index in [2.05, 4.69) is 18.8 Å². The first kappa shape index (κ1) is 9.84. The van der Waals surface area contributed by atoms with Crippen LogP contribution in [0.2, 0.25) is 0 Å². The lowest BCUT2D eigenvalue weighted by Gasteiger charge is -1.99. The van der Waals surface area contributed by atoms with Crippen LogP contribution in [-0.2, 0) is 0 Å². The van der Waals surface area contributed by atoms with Gasteiger partial charge in [0.1, 0.15) is 0 Å². The number of hydrogen-bond acceptors (Lipinski definition) is 2. The fraction of sp³-hybridized carbons (Fsp3) is 0.500. The summed E-state index contributed by atoms with van der Waals surface area (Å²) in [7, 11) is 0. The monoisotopic (exact) mass is 180 g/mol. The topological polar surface area (TPSA) is 37.5 Å². The maximum absolute atomic E-state index is 8.95. The van der Waals surface area contributed by atoms with E-state index in [9.17, 15) is 0 Å². The Labute approximate surface area is 78.3 Å². The summed E-state index contributed by atoms with van der Waals surface area (Å²) >= 11 is 0. The molecule has 0 unspecified atom stereocenters. The Morgan fingerprint density at radius 1 is 1.38 bits per heavy atom. The van der Waals surface area contributed by atoms with Crippen molar-refractivity contribution >= 4 is 0 Å². The summed E-state index contributed by atoms with van der Waals surface area (Å²) in [6.07, 6.45) is 4.26. The molecule has 1 aromatic heterocycles. The maximum Gasteiger partial charge on any atom is 0.0605 e. The van der Waals surface area contributed by atoms with Gasteiger partial charge < -0.3 is 5.21 Å². The van der Waals surface area contributed by atoms with Crippen molar-refractivity contribution in [3.63, 3.8) is 0 Å². The minimum absolute atomic E-state index is 0.690. The van der Waals surface area contributed by atoms with Crippen LogP contribution in [0, 0.1) is 5.92 Å². The third-order valence-corrected chi connectivity index (χ3v) is 1.80. The third kappa shape index (κ3) is 3.78. The molecule has 1 rings (SSSR count). The van der Waals surface area contributed by atoms with Gasteiger partial charge in [-0.3, -0.25) is 4.99 Å². The number of aromatic nitrogens is 1. The average molecular weight is 180 g/mol. The molecule has 0 atom stereocenters. The molecule has 0 bridgehead atoms. The fourth-order valence-corrected chi connectivity index (χ4v) is 0.968. The maximum atomic E-state index is 8.95. The van der Waals surface area contributed by atoms with Crippen molar-refractivity contribution in [2.75, 3.05) is 6.54 Å². The second-order valence-corrected chi connectivity index (χ2v) is 3.50. The van der Waals surface area contributed by atoms with E-state index < -0.39 is 0 Å². The first-order valence-electron chi connectivity index (χ1n) is 4.56. The van der Waals surface area contributed by atoms with Gasteiger partial charge in [-0.1, -0.05) is 13.8 Å². The van der Waals surface area contributed by atoms with Gasteiger partial charge in [-0.05, 0) is 24.5 Å². The van der Waals surface area contributed by atoms with E-state index in [4.69, 9.17) is 5.21 Å². The van der Waals surface area contributed by atoms with Crippen LogP contribution in [-0.4, -0.2) is 16.5 Å². The molecule has 0 fully saturated rings. The highest BCUT2D eigenvalue weighted by atomic mass is 16.5.